The Bertz CT molecular complexity index is 832. The summed E-state index contributed by atoms with van der Waals surface area (Å²) in [4.78, 5) is 12.5. The summed E-state index contributed by atoms with van der Waals surface area (Å²) in [5.74, 6) is -0.474. The van der Waals surface area contributed by atoms with Crippen molar-refractivity contribution in [1.29, 1.82) is 0 Å². The third kappa shape index (κ3) is 4.78. The molecule has 0 bridgehead atoms. The van der Waals surface area contributed by atoms with Crippen molar-refractivity contribution in [2.24, 2.45) is 5.10 Å². The largest absolute Gasteiger partial charge is 0.456 e. The molecule has 3 aromatic carbocycles. The van der Waals surface area contributed by atoms with Crippen molar-refractivity contribution in [3.8, 4) is 0 Å². The van der Waals surface area contributed by atoms with Crippen LogP contribution in [0.3, 0.4) is 0 Å². The molecule has 0 heterocycles. The van der Waals surface area contributed by atoms with E-state index in [0.29, 0.717) is 5.56 Å². The predicted octanol–water partition coefficient (Wildman–Crippen LogP) is 4.25. The number of hydrogen-bond donors (Lipinski definition) is 1. The number of anilines is 1. The van der Waals surface area contributed by atoms with Crippen molar-refractivity contribution in [3.63, 3.8) is 0 Å². The molecular formula is C21H18N2O2. The Morgan fingerprint density at radius 3 is 2.00 bits per heavy atom. The highest BCUT2D eigenvalue weighted by molar-refractivity contribution is 6.43. The van der Waals surface area contributed by atoms with E-state index in [9.17, 15) is 4.79 Å². The van der Waals surface area contributed by atoms with Gasteiger partial charge in [0.2, 0.25) is 0 Å². The number of benzene rings is 3. The molecule has 3 rings (SSSR count). The van der Waals surface area contributed by atoms with E-state index < -0.39 is 5.97 Å². The van der Waals surface area contributed by atoms with E-state index in [2.05, 4.69) is 10.5 Å². The van der Waals surface area contributed by atoms with Crippen LogP contribution in [0.2, 0.25) is 0 Å². The van der Waals surface area contributed by atoms with Crippen LogP contribution in [0.4, 0.5) is 5.69 Å². The molecule has 0 aliphatic rings. The summed E-state index contributed by atoms with van der Waals surface area (Å²) in [5, 5.41) is 4.27. The van der Waals surface area contributed by atoms with E-state index in [4.69, 9.17) is 4.74 Å². The Labute approximate surface area is 146 Å². The normalized spacial score (nSPS) is 11.0. The van der Waals surface area contributed by atoms with E-state index in [-0.39, 0.29) is 12.3 Å². The fraction of sp³-hybridized carbons (Fsp3) is 0.0476. The van der Waals surface area contributed by atoms with Crippen LogP contribution < -0.4 is 5.43 Å². The molecule has 4 nitrogen and oxygen atoms in total. The smallest absolute Gasteiger partial charge is 0.359 e. The number of carbonyl (C=O) groups excluding carboxylic acids is 1. The minimum atomic E-state index is -0.474. The third-order valence-electron chi connectivity index (χ3n) is 3.52. The van der Waals surface area contributed by atoms with Gasteiger partial charge in [-0.25, -0.2) is 4.79 Å². The Kier molecular flexibility index (Phi) is 5.56. The molecule has 0 fully saturated rings. The number of rotatable bonds is 6. The summed E-state index contributed by atoms with van der Waals surface area (Å²) in [6.45, 7) is 0.205. The van der Waals surface area contributed by atoms with Gasteiger partial charge in [-0.3, -0.25) is 5.43 Å². The van der Waals surface area contributed by atoms with E-state index in [0.717, 1.165) is 11.3 Å². The quantitative estimate of drug-likeness (QED) is 0.418. The number of ether oxygens (including phenoxy) is 1. The number of esters is 1. The van der Waals surface area contributed by atoms with E-state index >= 15 is 0 Å². The molecule has 0 saturated heterocycles. The number of nitrogens with one attached hydrogen (secondary N) is 1. The molecule has 0 atom stereocenters. The Morgan fingerprint density at radius 1 is 0.800 bits per heavy atom. The minimum absolute atomic E-state index is 0.205. The summed E-state index contributed by atoms with van der Waals surface area (Å²) >= 11 is 0. The molecule has 0 amide bonds. The lowest BCUT2D eigenvalue weighted by Gasteiger charge is -2.09. The second-order valence-electron chi connectivity index (χ2n) is 5.37. The van der Waals surface area contributed by atoms with Gasteiger partial charge in [0.1, 0.15) is 6.61 Å². The fourth-order valence-electron chi connectivity index (χ4n) is 2.25. The molecule has 25 heavy (non-hydrogen) atoms. The van der Waals surface area contributed by atoms with E-state index in [1.165, 1.54) is 0 Å². The van der Waals surface area contributed by atoms with Crippen LogP contribution in [0.1, 0.15) is 11.1 Å². The summed E-state index contributed by atoms with van der Waals surface area (Å²) in [5.41, 5.74) is 5.57. The monoisotopic (exact) mass is 330 g/mol. The number of carbonyl (C=O) groups is 1. The zero-order valence-electron chi connectivity index (χ0n) is 13.6. The highest BCUT2D eigenvalue weighted by Gasteiger charge is 2.16. The third-order valence-corrected chi connectivity index (χ3v) is 3.52. The Hall–Kier alpha value is -3.40. The first-order valence-corrected chi connectivity index (χ1v) is 7.98. The van der Waals surface area contributed by atoms with Crippen LogP contribution in [0, 0.1) is 0 Å². The molecule has 0 aromatic heterocycles. The molecule has 0 aliphatic heterocycles. The Morgan fingerprint density at radius 2 is 1.36 bits per heavy atom. The summed E-state index contributed by atoms with van der Waals surface area (Å²) in [7, 11) is 0. The highest BCUT2D eigenvalue weighted by Crippen LogP contribution is 2.09. The molecule has 0 saturated carbocycles. The molecule has 0 unspecified atom stereocenters. The number of hydrogen-bond acceptors (Lipinski definition) is 4. The number of hydrazone groups is 1. The van der Waals surface area contributed by atoms with Gasteiger partial charge in [0, 0.05) is 5.56 Å². The lowest BCUT2D eigenvalue weighted by molar-refractivity contribution is -0.136. The molecule has 0 aliphatic carbocycles. The van der Waals surface area contributed by atoms with Crippen LogP contribution in [0.5, 0.6) is 0 Å². The van der Waals surface area contributed by atoms with E-state index in [1.807, 2.05) is 91.0 Å². The fourth-order valence-corrected chi connectivity index (χ4v) is 2.25. The topological polar surface area (TPSA) is 50.7 Å². The summed E-state index contributed by atoms with van der Waals surface area (Å²) in [6.07, 6.45) is 0. The van der Waals surface area contributed by atoms with Crippen molar-refractivity contribution in [1.82, 2.24) is 0 Å². The van der Waals surface area contributed by atoms with Crippen LogP contribution in [0.25, 0.3) is 0 Å². The Balaban J connectivity index is 1.77. The number of para-hydroxylation sites is 1. The van der Waals surface area contributed by atoms with Gasteiger partial charge < -0.3 is 4.74 Å². The molecule has 3 aromatic rings. The molecule has 4 heteroatoms. The molecule has 1 N–H and O–H groups in total. The van der Waals surface area contributed by atoms with Gasteiger partial charge in [-0.05, 0) is 17.7 Å². The molecule has 0 spiro atoms. The van der Waals surface area contributed by atoms with Gasteiger partial charge >= 0.3 is 5.97 Å². The van der Waals surface area contributed by atoms with Crippen molar-refractivity contribution in [2.75, 3.05) is 5.43 Å². The summed E-state index contributed by atoms with van der Waals surface area (Å²) < 4.78 is 5.42. The number of nitrogens with zero attached hydrogens (tertiary/aromatic N) is 1. The first kappa shape index (κ1) is 16.5. The zero-order chi connectivity index (χ0) is 17.3. The maximum Gasteiger partial charge on any atom is 0.359 e. The molecule has 124 valence electrons. The van der Waals surface area contributed by atoms with Gasteiger partial charge in [0.05, 0.1) is 5.69 Å². The van der Waals surface area contributed by atoms with Crippen LogP contribution >= 0.6 is 0 Å². The van der Waals surface area contributed by atoms with Crippen LogP contribution in [0.15, 0.2) is 96.1 Å². The van der Waals surface area contributed by atoms with Gasteiger partial charge in [0.15, 0.2) is 5.71 Å². The average Bonchev–Trinajstić information content (AvgIpc) is 2.69. The first-order valence-electron chi connectivity index (χ1n) is 7.98. The SMILES string of the molecule is O=C(OCc1ccccc1)C(=NNc1ccccc1)c1ccccc1. The van der Waals surface area contributed by atoms with Gasteiger partial charge in [-0.15, -0.1) is 0 Å². The average molecular weight is 330 g/mol. The maximum absolute atomic E-state index is 12.5. The lowest BCUT2D eigenvalue weighted by atomic mass is 10.1. The maximum atomic E-state index is 12.5. The van der Waals surface area contributed by atoms with Crippen molar-refractivity contribution in [2.45, 2.75) is 6.61 Å². The van der Waals surface area contributed by atoms with Crippen LogP contribution in [-0.2, 0) is 16.1 Å². The highest BCUT2D eigenvalue weighted by atomic mass is 16.5. The van der Waals surface area contributed by atoms with Crippen molar-refractivity contribution < 1.29 is 9.53 Å². The van der Waals surface area contributed by atoms with Gasteiger partial charge in [-0.1, -0.05) is 78.9 Å². The van der Waals surface area contributed by atoms with Gasteiger partial charge in [0.25, 0.3) is 0 Å². The summed E-state index contributed by atoms with van der Waals surface area (Å²) in [6, 6.07) is 28.3. The first-order chi connectivity index (χ1) is 12.3. The minimum Gasteiger partial charge on any atom is -0.456 e. The molecule has 0 radical (unpaired) electrons. The second kappa shape index (κ2) is 8.45. The lowest BCUT2D eigenvalue weighted by Crippen LogP contribution is -2.20. The predicted molar refractivity (Wildman–Crippen MR) is 99.3 cm³/mol. The molecular weight excluding hydrogens is 312 g/mol. The van der Waals surface area contributed by atoms with Crippen molar-refractivity contribution >= 4 is 17.4 Å². The van der Waals surface area contributed by atoms with Crippen molar-refractivity contribution in [3.05, 3.63) is 102 Å². The van der Waals surface area contributed by atoms with Crippen LogP contribution in [-0.4, -0.2) is 11.7 Å². The second-order valence-corrected chi connectivity index (χ2v) is 5.37. The van der Waals surface area contributed by atoms with E-state index in [1.54, 1.807) is 0 Å². The standard InChI is InChI=1S/C21H18N2O2/c24-21(25-16-17-10-4-1-5-11-17)20(18-12-6-2-7-13-18)23-22-19-14-8-3-9-15-19/h1-15,22H,16H2. The zero-order valence-corrected chi connectivity index (χ0v) is 13.6. The van der Waals surface area contributed by atoms with Gasteiger partial charge in [-0.2, -0.15) is 5.10 Å².